The fourth-order valence-corrected chi connectivity index (χ4v) is 3.69. The molecule has 3 aromatic carbocycles. The summed E-state index contributed by atoms with van der Waals surface area (Å²) in [6.45, 7) is 2.65. The number of carbonyl (C=O) groups is 1. The molecular weight excluding hydrogens is 334 g/mol. The lowest BCUT2D eigenvalue weighted by Gasteiger charge is -2.37. The van der Waals surface area contributed by atoms with E-state index in [9.17, 15) is 4.79 Å². The van der Waals surface area contributed by atoms with Gasteiger partial charge in [0.15, 0.2) is 0 Å². The maximum Gasteiger partial charge on any atom is 0.410 e. The second kappa shape index (κ2) is 7.67. The summed E-state index contributed by atoms with van der Waals surface area (Å²) >= 11 is 0. The van der Waals surface area contributed by atoms with Crippen LogP contribution in [0.4, 0.5) is 4.79 Å². The Balaban J connectivity index is 1.55. The van der Waals surface area contributed by atoms with E-state index >= 15 is 0 Å². The molecular formula is C24H23NO2. The predicted molar refractivity (Wildman–Crippen MR) is 107 cm³/mol. The van der Waals surface area contributed by atoms with Gasteiger partial charge in [-0.15, -0.1) is 0 Å². The second-order valence-electron chi connectivity index (χ2n) is 7.02. The molecule has 0 unspecified atom stereocenters. The SMILES string of the molecule is C[C@H]1C[C@@H](c2ccccc2)OC(=O)N1Cc1ccccc1-c1ccccc1. The summed E-state index contributed by atoms with van der Waals surface area (Å²) in [6.07, 6.45) is 0.378. The Kier molecular flexibility index (Phi) is 4.93. The zero-order chi connectivity index (χ0) is 18.6. The van der Waals surface area contributed by atoms with Crippen molar-refractivity contribution in [1.29, 1.82) is 0 Å². The zero-order valence-corrected chi connectivity index (χ0v) is 15.4. The summed E-state index contributed by atoms with van der Waals surface area (Å²) < 4.78 is 5.76. The van der Waals surface area contributed by atoms with Crippen molar-refractivity contribution in [3.05, 3.63) is 96.1 Å². The van der Waals surface area contributed by atoms with Crippen LogP contribution in [0.25, 0.3) is 11.1 Å². The smallest absolute Gasteiger partial charge is 0.410 e. The van der Waals surface area contributed by atoms with Crippen molar-refractivity contribution < 1.29 is 9.53 Å². The summed E-state index contributed by atoms with van der Waals surface area (Å²) in [5.41, 5.74) is 4.50. The molecule has 1 amide bonds. The van der Waals surface area contributed by atoms with Gasteiger partial charge in [0, 0.05) is 19.0 Å². The molecule has 0 bridgehead atoms. The summed E-state index contributed by atoms with van der Waals surface area (Å²) in [5.74, 6) is 0. The highest BCUT2D eigenvalue weighted by Gasteiger charge is 2.33. The molecule has 3 heteroatoms. The van der Waals surface area contributed by atoms with Gasteiger partial charge in [-0.2, -0.15) is 0 Å². The Labute approximate surface area is 160 Å². The van der Waals surface area contributed by atoms with Crippen LogP contribution in [0.5, 0.6) is 0 Å². The van der Waals surface area contributed by atoms with E-state index in [4.69, 9.17) is 4.74 Å². The third-order valence-corrected chi connectivity index (χ3v) is 5.18. The molecule has 1 aliphatic heterocycles. The molecule has 0 radical (unpaired) electrons. The van der Waals surface area contributed by atoms with Crippen LogP contribution in [0.1, 0.15) is 30.6 Å². The molecule has 3 aromatic rings. The molecule has 136 valence electrons. The van der Waals surface area contributed by atoms with Crippen LogP contribution in [0.15, 0.2) is 84.9 Å². The van der Waals surface area contributed by atoms with Crippen LogP contribution < -0.4 is 0 Å². The van der Waals surface area contributed by atoms with Crippen LogP contribution in [-0.2, 0) is 11.3 Å². The Hall–Kier alpha value is -3.07. The fraction of sp³-hybridized carbons (Fsp3) is 0.208. The summed E-state index contributed by atoms with van der Waals surface area (Å²) in [7, 11) is 0. The number of ether oxygens (including phenoxy) is 1. The monoisotopic (exact) mass is 357 g/mol. The lowest BCUT2D eigenvalue weighted by Crippen LogP contribution is -2.44. The molecule has 1 saturated heterocycles. The minimum absolute atomic E-state index is 0.111. The van der Waals surface area contributed by atoms with Gasteiger partial charge in [-0.1, -0.05) is 84.9 Å². The number of amides is 1. The molecule has 4 rings (SSSR count). The van der Waals surface area contributed by atoms with Crippen molar-refractivity contribution in [2.75, 3.05) is 0 Å². The van der Waals surface area contributed by atoms with Gasteiger partial charge in [-0.25, -0.2) is 4.79 Å². The van der Waals surface area contributed by atoms with Crippen LogP contribution >= 0.6 is 0 Å². The van der Waals surface area contributed by atoms with Gasteiger partial charge in [0.1, 0.15) is 6.10 Å². The summed E-state index contributed by atoms with van der Waals surface area (Å²) in [5, 5.41) is 0. The van der Waals surface area contributed by atoms with Crippen molar-refractivity contribution in [3.63, 3.8) is 0 Å². The Morgan fingerprint density at radius 2 is 1.52 bits per heavy atom. The van der Waals surface area contributed by atoms with Gasteiger partial charge in [0.25, 0.3) is 0 Å². The quantitative estimate of drug-likeness (QED) is 0.588. The fourth-order valence-electron chi connectivity index (χ4n) is 3.69. The predicted octanol–water partition coefficient (Wildman–Crippen LogP) is 5.83. The highest BCUT2D eigenvalue weighted by atomic mass is 16.6. The van der Waals surface area contributed by atoms with Crippen LogP contribution in [0.3, 0.4) is 0 Å². The Morgan fingerprint density at radius 1 is 0.889 bits per heavy atom. The first-order valence-corrected chi connectivity index (χ1v) is 9.38. The Morgan fingerprint density at radius 3 is 2.22 bits per heavy atom. The number of nitrogens with zero attached hydrogens (tertiary/aromatic N) is 1. The topological polar surface area (TPSA) is 29.5 Å². The largest absolute Gasteiger partial charge is 0.441 e. The van der Waals surface area contributed by atoms with E-state index in [1.165, 1.54) is 0 Å². The van der Waals surface area contributed by atoms with Crippen molar-refractivity contribution in [1.82, 2.24) is 4.90 Å². The van der Waals surface area contributed by atoms with Crippen molar-refractivity contribution in [3.8, 4) is 11.1 Å². The third-order valence-electron chi connectivity index (χ3n) is 5.18. The van der Waals surface area contributed by atoms with E-state index < -0.39 is 0 Å². The minimum atomic E-state index is -0.245. The van der Waals surface area contributed by atoms with Gasteiger partial charge in [0.05, 0.1) is 0 Å². The first-order chi connectivity index (χ1) is 13.2. The van der Waals surface area contributed by atoms with E-state index in [-0.39, 0.29) is 18.2 Å². The van der Waals surface area contributed by atoms with Crippen molar-refractivity contribution in [2.24, 2.45) is 0 Å². The molecule has 0 aromatic heterocycles. The maximum atomic E-state index is 12.7. The number of benzene rings is 3. The summed E-state index contributed by atoms with van der Waals surface area (Å²) in [4.78, 5) is 14.6. The van der Waals surface area contributed by atoms with E-state index in [2.05, 4.69) is 31.2 Å². The number of hydrogen-bond acceptors (Lipinski definition) is 2. The maximum absolute atomic E-state index is 12.7. The molecule has 0 aliphatic carbocycles. The average Bonchev–Trinajstić information content (AvgIpc) is 2.72. The molecule has 3 nitrogen and oxygen atoms in total. The van der Waals surface area contributed by atoms with Gasteiger partial charge < -0.3 is 9.64 Å². The Bertz CT molecular complexity index is 908. The molecule has 0 N–H and O–H groups in total. The molecule has 2 atom stereocenters. The first-order valence-electron chi connectivity index (χ1n) is 9.38. The molecule has 1 aliphatic rings. The highest BCUT2D eigenvalue weighted by molar-refractivity contribution is 5.71. The minimum Gasteiger partial charge on any atom is -0.441 e. The number of rotatable bonds is 4. The van der Waals surface area contributed by atoms with Gasteiger partial charge in [-0.3, -0.25) is 0 Å². The number of carbonyl (C=O) groups excluding carboxylic acids is 1. The zero-order valence-electron chi connectivity index (χ0n) is 15.4. The van der Waals surface area contributed by atoms with Crippen LogP contribution in [0.2, 0.25) is 0 Å². The van der Waals surface area contributed by atoms with E-state index in [1.807, 2.05) is 65.6 Å². The van der Waals surface area contributed by atoms with E-state index in [0.29, 0.717) is 6.54 Å². The van der Waals surface area contributed by atoms with Gasteiger partial charge in [-0.05, 0) is 29.2 Å². The molecule has 27 heavy (non-hydrogen) atoms. The molecule has 1 fully saturated rings. The number of cyclic esters (lactones) is 1. The lowest BCUT2D eigenvalue weighted by atomic mass is 9.97. The van der Waals surface area contributed by atoms with Crippen molar-refractivity contribution >= 4 is 6.09 Å². The third kappa shape index (κ3) is 3.72. The standard InChI is InChI=1S/C24H23NO2/c1-18-16-23(20-12-6-3-7-13-20)27-24(26)25(18)17-21-14-8-9-15-22(21)19-10-4-2-5-11-19/h2-15,18,23H,16-17H2,1H3/t18-,23-/m0/s1. The summed E-state index contributed by atoms with van der Waals surface area (Å²) in [6, 6.07) is 28.6. The molecule has 0 spiro atoms. The van der Waals surface area contributed by atoms with Crippen LogP contribution in [-0.4, -0.2) is 17.0 Å². The first kappa shape index (κ1) is 17.3. The molecule has 0 saturated carbocycles. The average molecular weight is 357 g/mol. The number of hydrogen-bond donors (Lipinski definition) is 0. The van der Waals surface area contributed by atoms with E-state index in [1.54, 1.807) is 0 Å². The second-order valence-corrected chi connectivity index (χ2v) is 7.02. The van der Waals surface area contributed by atoms with Gasteiger partial charge in [0.2, 0.25) is 0 Å². The van der Waals surface area contributed by atoms with Gasteiger partial charge >= 0.3 is 6.09 Å². The van der Waals surface area contributed by atoms with Crippen LogP contribution in [0, 0.1) is 0 Å². The van der Waals surface area contributed by atoms with E-state index in [0.717, 1.165) is 28.7 Å². The lowest BCUT2D eigenvalue weighted by molar-refractivity contribution is -0.00115. The highest BCUT2D eigenvalue weighted by Crippen LogP contribution is 2.33. The molecule has 1 heterocycles. The normalized spacial score (nSPS) is 19.6. The van der Waals surface area contributed by atoms with Crippen molar-refractivity contribution in [2.45, 2.75) is 32.0 Å².